The average molecular weight is 409 g/mol. The van der Waals surface area contributed by atoms with E-state index in [1.165, 1.54) is 0 Å². The van der Waals surface area contributed by atoms with Crippen LogP contribution in [0.15, 0.2) is 0 Å². The molecule has 5 heteroatoms. The maximum absolute atomic E-state index is 11.5. The predicted molar refractivity (Wildman–Crippen MR) is 110 cm³/mol. The number of hydrogen-bond acceptors (Lipinski definition) is 4. The quantitative estimate of drug-likeness (QED) is 0.571. The van der Waals surface area contributed by atoms with Gasteiger partial charge in [0.05, 0.1) is 18.3 Å². The largest absolute Gasteiger partial charge is 0.481 e. The Morgan fingerprint density at radius 3 is 2.45 bits per heavy atom. The van der Waals surface area contributed by atoms with Crippen molar-refractivity contribution in [3.63, 3.8) is 0 Å². The summed E-state index contributed by atoms with van der Waals surface area (Å²) < 4.78 is 0. The third-order valence-electron chi connectivity index (χ3n) is 10.3. The summed E-state index contributed by atoms with van der Waals surface area (Å²) in [5.74, 6) is 0.997. The molecule has 29 heavy (non-hydrogen) atoms. The molecule has 0 aliphatic heterocycles. The fraction of sp³-hybridized carbons (Fsp3) is 0.958. The molecule has 4 N–H and O–H groups in total. The third kappa shape index (κ3) is 3.27. The summed E-state index contributed by atoms with van der Waals surface area (Å²) >= 11 is 0. The van der Waals surface area contributed by atoms with Crippen LogP contribution in [0.25, 0.3) is 0 Å². The number of carboxylic acid groups (broad SMARTS) is 1. The van der Waals surface area contributed by atoms with E-state index in [4.69, 9.17) is 5.11 Å². The van der Waals surface area contributed by atoms with Crippen molar-refractivity contribution in [3.8, 4) is 0 Å². The topological polar surface area (TPSA) is 98.0 Å². The highest BCUT2D eigenvalue weighted by atomic mass is 16.4. The summed E-state index contributed by atoms with van der Waals surface area (Å²) in [6.45, 7) is 6.72. The van der Waals surface area contributed by atoms with Crippen LogP contribution in [0.5, 0.6) is 0 Å². The molecule has 4 fully saturated rings. The number of fused-ring (bicyclic) bond motifs is 5. The SMILES string of the molecule is C[C@H](CCC(=O)O)[C@H]1CC[C@H]2[C@H]3C(C[C@H](O)[C@]12C)[C@@]1(C)CC[C@@H](O)C[C@H]1C[C@H]3O. The second-order valence-electron chi connectivity index (χ2n) is 11.4. The molecule has 4 rings (SSSR count). The minimum absolute atomic E-state index is 0.0957. The van der Waals surface area contributed by atoms with Gasteiger partial charge in [0.25, 0.3) is 0 Å². The van der Waals surface area contributed by atoms with Crippen LogP contribution < -0.4 is 0 Å². The second kappa shape index (κ2) is 7.49. The fourth-order valence-electron chi connectivity index (χ4n) is 8.68. The van der Waals surface area contributed by atoms with Crippen LogP contribution >= 0.6 is 0 Å². The number of carboxylic acids is 1. The van der Waals surface area contributed by atoms with Crippen molar-refractivity contribution in [2.45, 2.75) is 96.9 Å². The van der Waals surface area contributed by atoms with Gasteiger partial charge in [-0.25, -0.2) is 0 Å². The van der Waals surface area contributed by atoms with Gasteiger partial charge in [-0.1, -0.05) is 20.8 Å². The highest BCUT2D eigenvalue weighted by Crippen LogP contribution is 2.68. The van der Waals surface area contributed by atoms with Gasteiger partial charge in [-0.3, -0.25) is 4.79 Å². The van der Waals surface area contributed by atoms with E-state index in [-0.39, 0.29) is 41.3 Å². The van der Waals surface area contributed by atoms with Crippen LogP contribution in [0.2, 0.25) is 0 Å². The van der Waals surface area contributed by atoms with Gasteiger partial charge in [-0.05, 0) is 97.7 Å². The molecule has 166 valence electrons. The van der Waals surface area contributed by atoms with Gasteiger partial charge in [0.1, 0.15) is 0 Å². The Labute approximate surface area is 174 Å². The Morgan fingerprint density at radius 1 is 1.03 bits per heavy atom. The number of aliphatic hydroxyl groups is 3. The Bertz CT molecular complexity index is 637. The lowest BCUT2D eigenvalue weighted by Gasteiger charge is -2.63. The zero-order valence-corrected chi connectivity index (χ0v) is 18.3. The van der Waals surface area contributed by atoms with Crippen LogP contribution in [-0.4, -0.2) is 44.7 Å². The van der Waals surface area contributed by atoms with Crippen molar-refractivity contribution >= 4 is 5.97 Å². The molecule has 1 unspecified atom stereocenters. The Balaban J connectivity index is 1.61. The molecule has 0 aromatic carbocycles. The number of aliphatic hydroxyl groups excluding tert-OH is 3. The lowest BCUT2D eigenvalue weighted by atomic mass is 9.43. The van der Waals surface area contributed by atoms with Gasteiger partial charge in [0.2, 0.25) is 0 Å². The Morgan fingerprint density at radius 2 is 1.76 bits per heavy atom. The molecule has 5 nitrogen and oxygen atoms in total. The standard InChI is InChI=1S/C24H40O5/c1-13(4-7-21(28)29)16-5-6-17-22-18(12-20(27)24(16,17)3)23(2)9-8-15(25)10-14(23)11-19(22)26/h13-20,22,25-27H,4-12H2,1-3H3,(H,28,29)/t13-,14+,15-,16-,17+,18?,19-,20+,22+,23+,24-/m1/s1. The molecule has 0 amide bonds. The lowest BCUT2D eigenvalue weighted by Crippen LogP contribution is -2.62. The number of aliphatic carboxylic acids is 1. The minimum Gasteiger partial charge on any atom is -0.481 e. The molecule has 4 aliphatic carbocycles. The van der Waals surface area contributed by atoms with Crippen molar-refractivity contribution in [2.24, 2.45) is 46.3 Å². The molecule has 0 aromatic rings. The predicted octanol–water partition coefficient (Wildman–Crippen LogP) is 3.45. The summed E-state index contributed by atoms with van der Waals surface area (Å²) in [5.41, 5.74) is -0.143. The molecule has 0 saturated heterocycles. The molecule has 0 heterocycles. The van der Waals surface area contributed by atoms with Crippen LogP contribution in [-0.2, 0) is 4.79 Å². The summed E-state index contributed by atoms with van der Waals surface area (Å²) in [6.07, 6.45) is 6.00. The van der Waals surface area contributed by atoms with Gasteiger partial charge < -0.3 is 20.4 Å². The highest BCUT2D eigenvalue weighted by Gasteiger charge is 2.65. The van der Waals surface area contributed by atoms with Gasteiger partial charge in [0.15, 0.2) is 0 Å². The van der Waals surface area contributed by atoms with Crippen LogP contribution in [0.1, 0.15) is 78.6 Å². The van der Waals surface area contributed by atoms with E-state index >= 15 is 0 Å². The van der Waals surface area contributed by atoms with Crippen molar-refractivity contribution < 1.29 is 25.2 Å². The summed E-state index contributed by atoms with van der Waals surface area (Å²) in [6, 6.07) is 0. The monoisotopic (exact) mass is 408 g/mol. The smallest absolute Gasteiger partial charge is 0.303 e. The van der Waals surface area contributed by atoms with Crippen molar-refractivity contribution in [1.82, 2.24) is 0 Å². The van der Waals surface area contributed by atoms with E-state index in [1.54, 1.807) is 0 Å². The highest BCUT2D eigenvalue weighted by molar-refractivity contribution is 5.66. The fourth-order valence-corrected chi connectivity index (χ4v) is 8.68. The first kappa shape index (κ1) is 21.6. The maximum Gasteiger partial charge on any atom is 0.303 e. The normalized spacial score (nSPS) is 52.9. The van der Waals surface area contributed by atoms with E-state index in [1.807, 2.05) is 0 Å². The zero-order chi connectivity index (χ0) is 21.1. The van der Waals surface area contributed by atoms with E-state index in [9.17, 15) is 20.1 Å². The van der Waals surface area contributed by atoms with Gasteiger partial charge in [-0.15, -0.1) is 0 Å². The molecule has 4 aliphatic rings. The molecule has 0 radical (unpaired) electrons. The van der Waals surface area contributed by atoms with Gasteiger partial charge >= 0.3 is 5.97 Å². The zero-order valence-electron chi connectivity index (χ0n) is 18.3. The van der Waals surface area contributed by atoms with Gasteiger partial charge in [-0.2, -0.15) is 0 Å². The van der Waals surface area contributed by atoms with Crippen molar-refractivity contribution in [2.75, 3.05) is 0 Å². The summed E-state index contributed by atoms with van der Waals surface area (Å²) in [7, 11) is 0. The summed E-state index contributed by atoms with van der Waals surface area (Å²) in [5, 5.41) is 42.0. The van der Waals surface area contributed by atoms with Crippen LogP contribution in [0.4, 0.5) is 0 Å². The lowest BCUT2D eigenvalue weighted by molar-refractivity contribution is -0.207. The second-order valence-corrected chi connectivity index (χ2v) is 11.4. The molecule has 0 spiro atoms. The number of rotatable bonds is 4. The number of carbonyl (C=O) groups is 1. The first-order valence-corrected chi connectivity index (χ1v) is 11.8. The molecular weight excluding hydrogens is 368 g/mol. The molecule has 0 bridgehead atoms. The van der Waals surface area contributed by atoms with Gasteiger partial charge in [0, 0.05) is 6.42 Å². The van der Waals surface area contributed by atoms with E-state index in [0.717, 1.165) is 44.9 Å². The van der Waals surface area contributed by atoms with Crippen molar-refractivity contribution in [3.05, 3.63) is 0 Å². The first-order valence-electron chi connectivity index (χ1n) is 11.8. The molecule has 11 atom stereocenters. The third-order valence-corrected chi connectivity index (χ3v) is 10.3. The number of hydrogen-bond donors (Lipinski definition) is 4. The maximum atomic E-state index is 11.5. The average Bonchev–Trinajstić information content (AvgIpc) is 3.01. The van der Waals surface area contributed by atoms with Crippen LogP contribution in [0.3, 0.4) is 0 Å². The minimum atomic E-state index is -0.748. The molecule has 0 aromatic heterocycles. The van der Waals surface area contributed by atoms with E-state index < -0.39 is 12.1 Å². The Kier molecular flexibility index (Phi) is 5.57. The molecular formula is C24H40O5. The molecule has 4 saturated carbocycles. The van der Waals surface area contributed by atoms with Crippen molar-refractivity contribution in [1.29, 1.82) is 0 Å². The van der Waals surface area contributed by atoms with E-state index in [0.29, 0.717) is 30.1 Å². The van der Waals surface area contributed by atoms with E-state index in [2.05, 4.69) is 20.8 Å². The first-order chi connectivity index (χ1) is 13.6. The Hall–Kier alpha value is -0.650. The van der Waals surface area contributed by atoms with Crippen LogP contribution in [0, 0.1) is 46.3 Å². The summed E-state index contributed by atoms with van der Waals surface area (Å²) in [4.78, 5) is 11.1.